The van der Waals surface area contributed by atoms with E-state index in [1.54, 1.807) is 24.3 Å². The number of hydrogen-bond acceptors (Lipinski definition) is 5. The molecule has 0 aliphatic carbocycles. The van der Waals surface area contributed by atoms with Gasteiger partial charge in [-0.3, -0.25) is 0 Å². The predicted octanol–water partition coefficient (Wildman–Crippen LogP) is 1.75. The molecule has 2 aromatic rings. The van der Waals surface area contributed by atoms with Gasteiger partial charge < -0.3 is 21.5 Å². The first-order valence-corrected chi connectivity index (χ1v) is 6.51. The Morgan fingerprint density at radius 3 is 2.75 bits per heavy atom. The van der Waals surface area contributed by atoms with Crippen LogP contribution >= 0.6 is 11.3 Å². The third-order valence-electron chi connectivity index (χ3n) is 2.38. The molecule has 0 aliphatic heterocycles. The van der Waals surface area contributed by atoms with Crippen LogP contribution in [0.5, 0.6) is 0 Å². The highest BCUT2D eigenvalue weighted by Crippen LogP contribution is 2.16. The quantitative estimate of drug-likeness (QED) is 0.640. The van der Waals surface area contributed by atoms with Crippen LogP contribution in [0.15, 0.2) is 29.6 Å². The van der Waals surface area contributed by atoms with Crippen molar-refractivity contribution in [2.24, 2.45) is 0 Å². The topological polar surface area (TPSA) is 117 Å². The number of rotatable bonds is 4. The summed E-state index contributed by atoms with van der Waals surface area (Å²) in [5.41, 5.74) is 6.64. The number of nitrogens with two attached hydrogens (primary N) is 1. The molecule has 7 nitrogen and oxygen atoms in total. The van der Waals surface area contributed by atoms with Gasteiger partial charge in [0.2, 0.25) is 0 Å². The van der Waals surface area contributed by atoms with Crippen LogP contribution in [0.2, 0.25) is 0 Å². The number of nitrogens with one attached hydrogen (secondary N) is 2. The van der Waals surface area contributed by atoms with Crippen molar-refractivity contribution >= 4 is 34.7 Å². The number of carboxylic acid groups (broad SMARTS) is 1. The molecular weight excluding hydrogens is 280 g/mol. The van der Waals surface area contributed by atoms with Gasteiger partial charge in [0, 0.05) is 5.38 Å². The number of nitrogens with zero attached hydrogens (tertiary/aromatic N) is 1. The zero-order chi connectivity index (χ0) is 14.5. The number of benzene rings is 1. The van der Waals surface area contributed by atoms with E-state index in [0.29, 0.717) is 16.4 Å². The summed E-state index contributed by atoms with van der Waals surface area (Å²) in [6.07, 6.45) is 0. The maximum Gasteiger partial charge on any atom is 0.355 e. The van der Waals surface area contributed by atoms with E-state index in [2.05, 4.69) is 15.6 Å². The Hall–Kier alpha value is -2.61. The minimum atomic E-state index is -1.09. The molecule has 0 fully saturated rings. The maximum absolute atomic E-state index is 11.7. The Labute approximate surface area is 118 Å². The van der Waals surface area contributed by atoms with Gasteiger partial charge in [0.25, 0.3) is 0 Å². The number of aromatic nitrogens is 1. The molecule has 2 rings (SSSR count). The van der Waals surface area contributed by atoms with Crippen LogP contribution in [-0.4, -0.2) is 22.1 Å². The fraction of sp³-hybridized carbons (Fsp3) is 0.0833. The molecule has 0 unspecified atom stereocenters. The normalized spacial score (nSPS) is 10.0. The number of hydrogen-bond donors (Lipinski definition) is 4. The van der Waals surface area contributed by atoms with Gasteiger partial charge in [-0.15, -0.1) is 11.3 Å². The van der Waals surface area contributed by atoms with E-state index in [1.807, 2.05) is 0 Å². The average molecular weight is 292 g/mol. The Balaban J connectivity index is 1.89. The molecule has 20 heavy (non-hydrogen) atoms. The van der Waals surface area contributed by atoms with Gasteiger partial charge in [-0.2, -0.15) is 0 Å². The first-order chi connectivity index (χ1) is 9.56. The molecule has 2 amide bonds. The summed E-state index contributed by atoms with van der Waals surface area (Å²) in [5.74, 6) is -1.09. The number of urea groups is 1. The van der Waals surface area contributed by atoms with Crippen LogP contribution in [0.1, 0.15) is 15.5 Å². The predicted molar refractivity (Wildman–Crippen MR) is 75.8 cm³/mol. The zero-order valence-corrected chi connectivity index (χ0v) is 11.1. The van der Waals surface area contributed by atoms with E-state index in [0.717, 1.165) is 0 Å². The number of nitrogen functional groups attached to an aromatic ring is 1. The number of thiazole rings is 1. The van der Waals surface area contributed by atoms with Gasteiger partial charge in [-0.1, -0.05) is 12.1 Å². The number of amides is 2. The first-order valence-electron chi connectivity index (χ1n) is 5.63. The largest absolute Gasteiger partial charge is 0.476 e. The third-order valence-corrected chi connectivity index (χ3v) is 3.23. The zero-order valence-electron chi connectivity index (χ0n) is 10.3. The van der Waals surface area contributed by atoms with Crippen molar-refractivity contribution in [1.29, 1.82) is 0 Å². The van der Waals surface area contributed by atoms with Gasteiger partial charge in [-0.25, -0.2) is 14.6 Å². The summed E-state index contributed by atoms with van der Waals surface area (Å²) in [5, 5.41) is 15.8. The van der Waals surface area contributed by atoms with Crippen LogP contribution in [-0.2, 0) is 6.54 Å². The monoisotopic (exact) mass is 292 g/mol. The lowest BCUT2D eigenvalue weighted by Gasteiger charge is -2.08. The van der Waals surface area contributed by atoms with Gasteiger partial charge in [0.05, 0.1) is 17.9 Å². The smallest absolute Gasteiger partial charge is 0.355 e. The molecule has 0 saturated heterocycles. The molecule has 1 aromatic heterocycles. The Morgan fingerprint density at radius 2 is 2.10 bits per heavy atom. The Kier molecular flexibility index (Phi) is 4.16. The van der Waals surface area contributed by atoms with Crippen molar-refractivity contribution in [3.05, 3.63) is 40.3 Å². The maximum atomic E-state index is 11.7. The van der Waals surface area contributed by atoms with Crippen molar-refractivity contribution in [2.45, 2.75) is 6.54 Å². The number of carbonyl (C=O) groups is 2. The van der Waals surface area contributed by atoms with Crippen LogP contribution in [0.3, 0.4) is 0 Å². The second-order valence-corrected chi connectivity index (χ2v) is 4.77. The van der Waals surface area contributed by atoms with Crippen molar-refractivity contribution in [3.8, 4) is 0 Å². The molecule has 0 bridgehead atoms. The fourth-order valence-corrected chi connectivity index (χ4v) is 2.13. The number of para-hydroxylation sites is 2. The molecule has 0 atom stereocenters. The second kappa shape index (κ2) is 6.02. The summed E-state index contributed by atoms with van der Waals surface area (Å²) in [4.78, 5) is 26.2. The van der Waals surface area contributed by atoms with E-state index in [9.17, 15) is 9.59 Å². The van der Waals surface area contributed by atoms with E-state index in [4.69, 9.17) is 10.8 Å². The average Bonchev–Trinajstić information content (AvgIpc) is 2.88. The summed E-state index contributed by atoms with van der Waals surface area (Å²) in [6, 6.07) is 6.44. The van der Waals surface area contributed by atoms with Gasteiger partial charge >= 0.3 is 12.0 Å². The van der Waals surface area contributed by atoms with E-state index < -0.39 is 12.0 Å². The van der Waals surface area contributed by atoms with Gasteiger partial charge in [0.15, 0.2) is 5.69 Å². The highest BCUT2D eigenvalue weighted by molar-refractivity contribution is 7.09. The summed E-state index contributed by atoms with van der Waals surface area (Å²) < 4.78 is 0. The third kappa shape index (κ3) is 3.45. The number of anilines is 2. The molecule has 1 aromatic carbocycles. The summed E-state index contributed by atoms with van der Waals surface area (Å²) in [7, 11) is 0. The molecule has 0 saturated carbocycles. The van der Waals surface area contributed by atoms with Crippen molar-refractivity contribution in [3.63, 3.8) is 0 Å². The minimum absolute atomic E-state index is 0.0282. The highest BCUT2D eigenvalue weighted by atomic mass is 32.1. The molecule has 0 radical (unpaired) electrons. The van der Waals surface area contributed by atoms with E-state index >= 15 is 0 Å². The number of carbonyl (C=O) groups excluding carboxylic acids is 1. The minimum Gasteiger partial charge on any atom is -0.476 e. The summed E-state index contributed by atoms with van der Waals surface area (Å²) >= 11 is 1.17. The SMILES string of the molecule is Nc1ccccc1NC(=O)NCc1nc(C(=O)O)cs1. The van der Waals surface area contributed by atoms with Crippen molar-refractivity contribution < 1.29 is 14.7 Å². The highest BCUT2D eigenvalue weighted by Gasteiger charge is 2.09. The lowest BCUT2D eigenvalue weighted by Crippen LogP contribution is -2.28. The fourth-order valence-electron chi connectivity index (χ4n) is 1.42. The Morgan fingerprint density at radius 1 is 1.35 bits per heavy atom. The first kappa shape index (κ1) is 13.8. The second-order valence-electron chi connectivity index (χ2n) is 3.83. The molecule has 0 spiro atoms. The van der Waals surface area contributed by atoms with Crippen LogP contribution in [0, 0.1) is 0 Å². The van der Waals surface area contributed by atoms with E-state index in [-0.39, 0.29) is 12.2 Å². The van der Waals surface area contributed by atoms with Crippen LogP contribution < -0.4 is 16.4 Å². The van der Waals surface area contributed by atoms with Gasteiger partial charge in [-0.05, 0) is 12.1 Å². The number of aromatic carboxylic acids is 1. The van der Waals surface area contributed by atoms with Crippen molar-refractivity contribution in [2.75, 3.05) is 11.1 Å². The number of carboxylic acids is 1. The molecule has 1 heterocycles. The van der Waals surface area contributed by atoms with E-state index in [1.165, 1.54) is 16.7 Å². The lowest BCUT2D eigenvalue weighted by molar-refractivity contribution is 0.0691. The van der Waals surface area contributed by atoms with Crippen LogP contribution in [0.4, 0.5) is 16.2 Å². The molecule has 104 valence electrons. The summed E-state index contributed by atoms with van der Waals surface area (Å²) in [6.45, 7) is 0.149. The molecule has 0 aliphatic rings. The van der Waals surface area contributed by atoms with Gasteiger partial charge in [0.1, 0.15) is 5.01 Å². The lowest BCUT2D eigenvalue weighted by atomic mass is 10.3. The Bertz CT molecular complexity index is 641. The molecular formula is C12H12N4O3S. The van der Waals surface area contributed by atoms with Crippen molar-refractivity contribution in [1.82, 2.24) is 10.3 Å². The molecule has 5 N–H and O–H groups in total. The standard InChI is InChI=1S/C12H12N4O3S/c13-7-3-1-2-4-8(7)16-12(19)14-5-10-15-9(6-20-10)11(17)18/h1-4,6H,5,13H2,(H,17,18)(H2,14,16,19). The van der Waals surface area contributed by atoms with Crippen LogP contribution in [0.25, 0.3) is 0 Å². The molecule has 8 heteroatoms.